The zero-order valence-corrected chi connectivity index (χ0v) is 40.0. The van der Waals surface area contributed by atoms with E-state index in [-0.39, 0.29) is 28.7 Å². The molecular formula is C53H69N5O6Si. The van der Waals surface area contributed by atoms with Gasteiger partial charge in [0, 0.05) is 56.2 Å². The Morgan fingerprint density at radius 3 is 2.26 bits per heavy atom. The number of carbonyl (C=O) groups is 2. The van der Waals surface area contributed by atoms with E-state index < -0.39 is 14.4 Å². The highest BCUT2D eigenvalue weighted by atomic mass is 28.4. The summed E-state index contributed by atoms with van der Waals surface area (Å²) in [6.07, 6.45) is 5.61. The van der Waals surface area contributed by atoms with Crippen LogP contribution in [0.5, 0.6) is 5.75 Å². The van der Waals surface area contributed by atoms with Crippen molar-refractivity contribution < 1.29 is 23.5 Å². The van der Waals surface area contributed by atoms with Crippen LogP contribution >= 0.6 is 0 Å². The summed E-state index contributed by atoms with van der Waals surface area (Å²) in [5.41, 5.74) is 5.31. The number of aromatic nitrogens is 1. The summed E-state index contributed by atoms with van der Waals surface area (Å²) >= 11 is 0. The highest BCUT2D eigenvalue weighted by Crippen LogP contribution is 2.41. The molecule has 5 aromatic rings. The first kappa shape index (κ1) is 47.7. The van der Waals surface area contributed by atoms with Crippen molar-refractivity contribution in [3.63, 3.8) is 0 Å². The molecule has 1 aliphatic heterocycles. The summed E-state index contributed by atoms with van der Waals surface area (Å²) in [5, 5.41) is 10.9. The Labute approximate surface area is 386 Å². The lowest BCUT2D eigenvalue weighted by atomic mass is 9.81. The number of H-pyrrole nitrogens is 1. The first-order chi connectivity index (χ1) is 31.3. The largest absolute Gasteiger partial charge is 0.487 e. The van der Waals surface area contributed by atoms with Gasteiger partial charge in [0.25, 0.3) is 0 Å². The summed E-state index contributed by atoms with van der Waals surface area (Å²) < 4.78 is 19.3. The van der Waals surface area contributed by atoms with E-state index in [0.29, 0.717) is 55.8 Å². The Kier molecular flexibility index (Phi) is 16.3. The van der Waals surface area contributed by atoms with Gasteiger partial charge in [-0.15, -0.1) is 0 Å². The summed E-state index contributed by atoms with van der Waals surface area (Å²) in [7, 11) is -2.20. The average molecular weight is 900 g/mol. The van der Waals surface area contributed by atoms with Crippen molar-refractivity contribution in [2.24, 2.45) is 11.8 Å². The van der Waals surface area contributed by atoms with E-state index in [4.69, 9.17) is 13.9 Å². The predicted molar refractivity (Wildman–Crippen MR) is 264 cm³/mol. The van der Waals surface area contributed by atoms with Crippen molar-refractivity contribution in [3.05, 3.63) is 131 Å². The quantitative estimate of drug-likeness (QED) is 0.0639. The zero-order valence-electron chi connectivity index (χ0n) is 39.0. The van der Waals surface area contributed by atoms with Crippen LogP contribution in [-0.2, 0) is 20.6 Å². The van der Waals surface area contributed by atoms with Crippen LogP contribution in [0.25, 0.3) is 22.0 Å². The molecule has 7 rings (SSSR count). The molecule has 0 spiro atoms. The molecule has 2 fully saturated rings. The Hall–Kier alpha value is -5.27. The minimum Gasteiger partial charge on any atom is -0.487 e. The normalized spacial score (nSPS) is 17.9. The van der Waals surface area contributed by atoms with Gasteiger partial charge in [-0.2, -0.15) is 0 Å². The molecule has 2 aliphatic rings. The minimum absolute atomic E-state index is 0.0118. The summed E-state index contributed by atoms with van der Waals surface area (Å²) in [5.74, 6) is 1.68. The number of hydrogen-bond donors (Lipinski definition) is 4. The molecule has 0 radical (unpaired) electrons. The first-order valence-corrected chi connectivity index (χ1v) is 26.5. The van der Waals surface area contributed by atoms with E-state index in [0.717, 1.165) is 91.5 Å². The topological polar surface area (TPSA) is 134 Å². The molecule has 2 heterocycles. The number of para-hydroxylation sites is 1. The van der Waals surface area contributed by atoms with Crippen LogP contribution in [0.3, 0.4) is 0 Å². The van der Waals surface area contributed by atoms with Crippen molar-refractivity contribution >= 4 is 36.9 Å². The maximum atomic E-state index is 13.1. The molecule has 11 nitrogen and oxygen atoms in total. The number of ether oxygens (including phenoxy) is 2. The van der Waals surface area contributed by atoms with Crippen LogP contribution in [0.15, 0.2) is 114 Å². The number of fused-ring (bicyclic) bond motifs is 1. The number of hydrogen-bond acceptors (Lipinski definition) is 8. The van der Waals surface area contributed by atoms with Crippen LogP contribution in [0, 0.1) is 11.8 Å². The molecule has 346 valence electrons. The molecule has 1 saturated heterocycles. The molecule has 12 heteroatoms. The van der Waals surface area contributed by atoms with E-state index >= 15 is 0 Å². The number of aromatic amines is 1. The molecule has 65 heavy (non-hydrogen) atoms. The van der Waals surface area contributed by atoms with Crippen LogP contribution in [0.2, 0.25) is 18.1 Å². The average Bonchev–Trinajstić information content (AvgIpc) is 3.30. The third kappa shape index (κ3) is 13.4. The minimum atomic E-state index is -2.20. The third-order valence-corrected chi connectivity index (χ3v) is 18.2. The molecule has 1 saturated carbocycles. The van der Waals surface area contributed by atoms with E-state index in [1.807, 2.05) is 97.1 Å². The molecular weight excluding hydrogens is 831 g/mol. The third-order valence-electron chi connectivity index (χ3n) is 13.7. The second kappa shape index (κ2) is 22.3. The number of piperidine rings is 1. The lowest BCUT2D eigenvalue weighted by Gasteiger charge is -2.40. The van der Waals surface area contributed by atoms with Crippen LogP contribution in [-0.4, -0.2) is 75.6 Å². The van der Waals surface area contributed by atoms with Gasteiger partial charge in [-0.25, -0.2) is 4.79 Å². The molecule has 3 unspecified atom stereocenters. The van der Waals surface area contributed by atoms with Crippen molar-refractivity contribution in [3.8, 4) is 16.9 Å². The Bertz CT molecular complexity index is 2380. The van der Waals surface area contributed by atoms with Gasteiger partial charge in [-0.1, -0.05) is 112 Å². The lowest BCUT2D eigenvalue weighted by Crippen LogP contribution is -2.44. The highest BCUT2D eigenvalue weighted by Gasteiger charge is 2.40. The summed E-state index contributed by atoms with van der Waals surface area (Å²) in [4.78, 5) is 43.9. The van der Waals surface area contributed by atoms with E-state index in [2.05, 4.69) is 65.8 Å². The van der Waals surface area contributed by atoms with Crippen LogP contribution in [0.4, 0.5) is 10.5 Å². The second-order valence-electron chi connectivity index (χ2n) is 19.5. The monoisotopic (exact) mass is 900 g/mol. The van der Waals surface area contributed by atoms with Gasteiger partial charge in [-0.05, 0) is 104 Å². The van der Waals surface area contributed by atoms with Gasteiger partial charge in [0.05, 0.1) is 17.3 Å². The molecule has 3 atom stereocenters. The highest BCUT2D eigenvalue weighted by molar-refractivity contribution is 6.74. The fraction of sp³-hybridized carbons (Fsp3) is 0.453. The molecule has 4 N–H and O–H groups in total. The number of amides is 2. The number of benzene rings is 4. The fourth-order valence-electron chi connectivity index (χ4n) is 8.93. The van der Waals surface area contributed by atoms with Gasteiger partial charge in [0.2, 0.25) is 11.5 Å². The van der Waals surface area contributed by atoms with Crippen LogP contribution < -0.4 is 26.2 Å². The first-order valence-electron chi connectivity index (χ1n) is 23.6. The number of rotatable bonds is 18. The SMILES string of the molecule is CC(C)(C)[Si](C)(C)OC(CNCC1CCCC(CNC(=O)CCN2CCC(OC(=O)Nc3ccccc3-c3ccccc3)CC2)C1)c1ccc(OCc2ccccc2)c2[nH]c(=O)ccc12. The van der Waals surface area contributed by atoms with Crippen molar-refractivity contribution in [2.45, 2.75) is 103 Å². The molecule has 1 aromatic heterocycles. The molecule has 1 aliphatic carbocycles. The number of pyridine rings is 1. The zero-order chi connectivity index (χ0) is 45.8. The predicted octanol–water partition coefficient (Wildman–Crippen LogP) is 10.5. The molecule has 4 aromatic carbocycles. The standard InChI is InChI=1S/C53H69N5O6Si/c1-53(2,3)65(4,5)64-48(44-23-25-47(51-45(44)24-26-50(60)57-51)62-37-38-15-8-6-9-16-38)36-54-34-39-17-14-18-40(33-39)35-55-49(59)29-32-58-30-27-42(28-31-58)63-52(61)56-46-22-13-12-21-43(46)41-19-10-7-11-20-41/h6-13,15-16,19-26,39-40,42,48,54H,14,17-18,27-37H2,1-5H3,(H,55,59)(H,56,61)(H,57,60). The van der Waals surface area contributed by atoms with Gasteiger partial charge in [0.1, 0.15) is 18.5 Å². The van der Waals surface area contributed by atoms with Gasteiger partial charge < -0.3 is 34.4 Å². The summed E-state index contributed by atoms with van der Waals surface area (Å²) in [6.45, 7) is 16.2. The smallest absolute Gasteiger partial charge is 0.411 e. The maximum Gasteiger partial charge on any atom is 0.411 e. The van der Waals surface area contributed by atoms with E-state index in [1.54, 1.807) is 6.07 Å². The van der Waals surface area contributed by atoms with E-state index in [1.165, 1.54) is 0 Å². The molecule has 0 bridgehead atoms. The Balaban J connectivity index is 0.857. The fourth-order valence-corrected chi connectivity index (χ4v) is 10.2. The van der Waals surface area contributed by atoms with E-state index in [9.17, 15) is 14.4 Å². The van der Waals surface area contributed by atoms with Crippen molar-refractivity contribution in [1.82, 2.24) is 20.5 Å². The van der Waals surface area contributed by atoms with Crippen LogP contribution in [0.1, 0.15) is 82.9 Å². The Morgan fingerprint density at radius 2 is 1.52 bits per heavy atom. The Morgan fingerprint density at radius 1 is 0.831 bits per heavy atom. The van der Waals surface area contributed by atoms with Gasteiger partial charge in [0.15, 0.2) is 8.32 Å². The van der Waals surface area contributed by atoms with Crippen molar-refractivity contribution in [1.29, 1.82) is 0 Å². The number of nitrogens with zero attached hydrogens (tertiary/aromatic N) is 1. The number of likely N-dealkylation sites (tertiary alicyclic amines) is 1. The van der Waals surface area contributed by atoms with Crippen molar-refractivity contribution in [2.75, 3.05) is 44.6 Å². The number of anilines is 1. The van der Waals surface area contributed by atoms with Gasteiger partial charge in [-0.3, -0.25) is 14.9 Å². The number of nitrogens with one attached hydrogen (secondary N) is 4. The molecule has 2 amide bonds. The maximum absolute atomic E-state index is 13.1. The second-order valence-corrected chi connectivity index (χ2v) is 24.3. The van der Waals surface area contributed by atoms with Gasteiger partial charge >= 0.3 is 6.09 Å². The number of carbonyl (C=O) groups excluding carboxylic acids is 2. The summed E-state index contributed by atoms with van der Waals surface area (Å²) in [6, 6.07) is 35.3. The lowest BCUT2D eigenvalue weighted by molar-refractivity contribution is -0.121.